The fourth-order valence-electron chi connectivity index (χ4n) is 3.77. The van der Waals surface area contributed by atoms with Crippen molar-refractivity contribution in [2.45, 2.75) is 37.6 Å². The Morgan fingerprint density at radius 3 is 2.41 bits per heavy atom. The molecule has 0 radical (unpaired) electrons. The van der Waals surface area contributed by atoms with E-state index in [1.54, 1.807) is 55.5 Å². The molecule has 0 aliphatic carbocycles. The summed E-state index contributed by atoms with van der Waals surface area (Å²) in [7, 11) is -3.85. The van der Waals surface area contributed by atoms with Gasteiger partial charge in [-0.3, -0.25) is 9.10 Å². The third kappa shape index (κ3) is 3.82. The van der Waals surface area contributed by atoms with Crippen molar-refractivity contribution in [3.05, 3.63) is 66.2 Å². The van der Waals surface area contributed by atoms with Crippen LogP contribution >= 0.6 is 0 Å². The Kier molecular flexibility index (Phi) is 5.88. The first kappa shape index (κ1) is 21.8. The third-order valence-electron chi connectivity index (χ3n) is 5.47. The summed E-state index contributed by atoms with van der Waals surface area (Å²) in [5, 5.41) is 4.17. The Labute approximate surface area is 187 Å². The van der Waals surface area contributed by atoms with Crippen LogP contribution in [0.25, 0.3) is 10.8 Å². The number of esters is 1. The van der Waals surface area contributed by atoms with E-state index in [2.05, 4.69) is 5.32 Å². The monoisotopic (exact) mass is 452 g/mol. The molecule has 0 saturated carbocycles. The highest BCUT2D eigenvalue weighted by Gasteiger charge is 2.40. The van der Waals surface area contributed by atoms with Crippen molar-refractivity contribution in [3.63, 3.8) is 0 Å². The van der Waals surface area contributed by atoms with Gasteiger partial charge in [-0.05, 0) is 55.1 Å². The van der Waals surface area contributed by atoms with Crippen LogP contribution in [0.3, 0.4) is 0 Å². The Morgan fingerprint density at radius 1 is 1.03 bits per heavy atom. The maximum Gasteiger partial charge on any atom is 0.338 e. The van der Waals surface area contributed by atoms with Crippen LogP contribution in [0.15, 0.2) is 65.6 Å². The summed E-state index contributed by atoms with van der Waals surface area (Å²) in [6.45, 7) is 3.93. The third-order valence-corrected chi connectivity index (χ3v) is 7.40. The number of hydrogen-bond acceptors (Lipinski definition) is 5. The fourth-order valence-corrected chi connectivity index (χ4v) is 5.64. The molecular formula is C24H24N2O5S. The van der Waals surface area contributed by atoms with Crippen LogP contribution < -0.4 is 9.62 Å². The van der Waals surface area contributed by atoms with Crippen molar-refractivity contribution < 1.29 is 22.7 Å². The Bertz CT molecular complexity index is 1280. The second-order valence-corrected chi connectivity index (χ2v) is 9.45. The highest BCUT2D eigenvalue weighted by molar-refractivity contribution is 7.93. The minimum atomic E-state index is -3.85. The molecule has 1 N–H and O–H groups in total. The zero-order chi connectivity index (χ0) is 22.9. The van der Waals surface area contributed by atoms with E-state index < -0.39 is 27.9 Å². The lowest BCUT2D eigenvalue weighted by Gasteiger charge is -2.25. The average Bonchev–Trinajstić information content (AvgIpc) is 3.02. The molecule has 1 heterocycles. The van der Waals surface area contributed by atoms with E-state index in [0.29, 0.717) is 28.9 Å². The normalized spacial score (nSPS) is 14.9. The van der Waals surface area contributed by atoms with Crippen LogP contribution in [0.4, 0.5) is 11.4 Å². The molecule has 0 saturated heterocycles. The van der Waals surface area contributed by atoms with Gasteiger partial charge in [0.05, 0.1) is 22.8 Å². The first-order chi connectivity index (χ1) is 15.3. The van der Waals surface area contributed by atoms with E-state index in [1.807, 2.05) is 19.1 Å². The molecule has 4 rings (SSSR count). The smallest absolute Gasteiger partial charge is 0.338 e. The van der Waals surface area contributed by atoms with Crippen LogP contribution in [0.5, 0.6) is 0 Å². The van der Waals surface area contributed by atoms with Crippen molar-refractivity contribution in [1.29, 1.82) is 0 Å². The molecule has 166 valence electrons. The number of unbranched alkanes of at least 4 members (excludes halogenated alkanes) is 1. The van der Waals surface area contributed by atoms with Crippen LogP contribution in [0, 0.1) is 0 Å². The van der Waals surface area contributed by atoms with Gasteiger partial charge < -0.3 is 10.1 Å². The molecule has 8 heteroatoms. The van der Waals surface area contributed by atoms with Crippen molar-refractivity contribution >= 4 is 44.0 Å². The number of nitrogens with one attached hydrogen (secondary N) is 1. The number of amides is 1. The Hall–Kier alpha value is -3.39. The quantitative estimate of drug-likeness (QED) is 0.425. The predicted molar refractivity (Wildman–Crippen MR) is 123 cm³/mol. The summed E-state index contributed by atoms with van der Waals surface area (Å²) in [6, 6.07) is 15.8. The van der Waals surface area contributed by atoms with Gasteiger partial charge in [-0.2, -0.15) is 0 Å². The number of nitrogens with zero attached hydrogens (tertiary/aromatic N) is 1. The minimum absolute atomic E-state index is 0.205. The van der Waals surface area contributed by atoms with Gasteiger partial charge in [-0.1, -0.05) is 37.6 Å². The molecule has 1 aliphatic heterocycles. The summed E-state index contributed by atoms with van der Waals surface area (Å²) in [5.74, 6) is -0.893. The number of sulfonamides is 1. The second kappa shape index (κ2) is 8.63. The highest BCUT2D eigenvalue weighted by Crippen LogP contribution is 2.43. The largest absolute Gasteiger partial charge is 0.462 e. The average molecular weight is 453 g/mol. The fraction of sp³-hybridized carbons (Fsp3) is 0.250. The zero-order valence-electron chi connectivity index (χ0n) is 17.9. The van der Waals surface area contributed by atoms with E-state index in [4.69, 9.17) is 4.74 Å². The number of rotatable bonds is 7. The number of anilines is 2. The molecule has 1 atom stereocenters. The lowest BCUT2D eigenvalue weighted by atomic mass is 10.1. The van der Waals surface area contributed by atoms with Crippen LogP contribution in [-0.2, 0) is 19.6 Å². The van der Waals surface area contributed by atoms with Crippen LogP contribution in [-0.4, -0.2) is 32.9 Å². The van der Waals surface area contributed by atoms with Gasteiger partial charge in [0, 0.05) is 11.1 Å². The minimum Gasteiger partial charge on any atom is -0.462 e. The number of carbonyl (C=O) groups excluding carboxylic acids is 2. The van der Waals surface area contributed by atoms with E-state index >= 15 is 0 Å². The first-order valence-electron chi connectivity index (χ1n) is 10.5. The molecular weight excluding hydrogens is 428 g/mol. The first-order valence-corrected chi connectivity index (χ1v) is 11.9. The van der Waals surface area contributed by atoms with Crippen LogP contribution in [0.1, 0.15) is 37.0 Å². The lowest BCUT2D eigenvalue weighted by molar-refractivity contribution is -0.116. The van der Waals surface area contributed by atoms with Gasteiger partial charge in [0.1, 0.15) is 6.04 Å². The summed E-state index contributed by atoms with van der Waals surface area (Å²) >= 11 is 0. The Balaban J connectivity index is 1.51. The predicted octanol–water partition coefficient (Wildman–Crippen LogP) is 4.33. The topological polar surface area (TPSA) is 92.8 Å². The highest BCUT2D eigenvalue weighted by atomic mass is 32.2. The molecule has 32 heavy (non-hydrogen) atoms. The van der Waals surface area contributed by atoms with Crippen molar-refractivity contribution in [1.82, 2.24) is 0 Å². The van der Waals surface area contributed by atoms with Gasteiger partial charge in [0.25, 0.3) is 10.0 Å². The van der Waals surface area contributed by atoms with Crippen molar-refractivity contribution in [2.75, 3.05) is 16.2 Å². The summed E-state index contributed by atoms with van der Waals surface area (Å²) in [6.07, 6.45) is 1.73. The standard InChI is InChI=1S/C24H24N2O5S/c1-3-4-15-31-24(28)18-11-13-19(14-12-18)25-23(27)16(2)26-20-9-5-7-17-8-6-10-21(22(17)20)32(26,29)30/h5-14,16H,3-4,15H2,1-2H3,(H,25,27)/t16-/m0/s1. The van der Waals surface area contributed by atoms with Gasteiger partial charge >= 0.3 is 5.97 Å². The molecule has 7 nitrogen and oxygen atoms in total. The van der Waals surface area contributed by atoms with E-state index in [-0.39, 0.29) is 4.90 Å². The SMILES string of the molecule is CCCCOC(=O)c1ccc(NC(=O)[C@H](C)N2c3cccc4cccc(c34)S2(=O)=O)cc1. The van der Waals surface area contributed by atoms with E-state index in [0.717, 1.165) is 18.2 Å². The van der Waals surface area contributed by atoms with Gasteiger partial charge in [-0.25, -0.2) is 13.2 Å². The maximum absolute atomic E-state index is 13.2. The number of carbonyl (C=O) groups is 2. The summed E-state index contributed by atoms with van der Waals surface area (Å²) in [5.41, 5.74) is 1.33. The molecule has 0 spiro atoms. The molecule has 1 aliphatic rings. The van der Waals surface area contributed by atoms with Crippen molar-refractivity contribution in [3.8, 4) is 0 Å². The number of hydrogen-bond donors (Lipinski definition) is 1. The summed E-state index contributed by atoms with van der Waals surface area (Å²) < 4.78 is 32.7. The molecule has 0 unspecified atom stereocenters. The Morgan fingerprint density at radius 2 is 1.72 bits per heavy atom. The number of ether oxygens (including phenoxy) is 1. The zero-order valence-corrected chi connectivity index (χ0v) is 18.7. The molecule has 3 aromatic carbocycles. The molecule has 0 fully saturated rings. The summed E-state index contributed by atoms with van der Waals surface area (Å²) in [4.78, 5) is 25.2. The molecule has 1 amide bonds. The van der Waals surface area contributed by atoms with Gasteiger partial charge in [0.2, 0.25) is 5.91 Å². The molecule has 0 aromatic heterocycles. The van der Waals surface area contributed by atoms with Crippen molar-refractivity contribution in [2.24, 2.45) is 0 Å². The maximum atomic E-state index is 13.2. The second-order valence-electron chi connectivity index (χ2n) is 7.66. The van der Waals surface area contributed by atoms with E-state index in [1.165, 1.54) is 4.31 Å². The van der Waals surface area contributed by atoms with Gasteiger partial charge in [0.15, 0.2) is 0 Å². The molecule has 0 bridgehead atoms. The van der Waals surface area contributed by atoms with Gasteiger partial charge in [-0.15, -0.1) is 0 Å². The number of benzene rings is 3. The van der Waals surface area contributed by atoms with E-state index in [9.17, 15) is 18.0 Å². The van der Waals surface area contributed by atoms with Crippen LogP contribution in [0.2, 0.25) is 0 Å². The molecule has 3 aromatic rings. The lowest BCUT2D eigenvalue weighted by Crippen LogP contribution is -2.43.